The number of nitrogens with one attached hydrogen (secondary N) is 1. The van der Waals surface area contributed by atoms with E-state index in [9.17, 15) is 4.79 Å². The van der Waals surface area contributed by atoms with Gasteiger partial charge in [-0.1, -0.05) is 18.2 Å². The molecule has 1 N–H and O–H groups in total. The van der Waals surface area contributed by atoms with Gasteiger partial charge in [-0.2, -0.15) is 5.10 Å². The van der Waals surface area contributed by atoms with Crippen molar-refractivity contribution in [1.29, 1.82) is 0 Å². The number of fused-ring (bicyclic) bond motifs is 2. The van der Waals surface area contributed by atoms with E-state index in [4.69, 9.17) is 5.10 Å². The van der Waals surface area contributed by atoms with Crippen LogP contribution in [0.15, 0.2) is 36.5 Å². The van der Waals surface area contributed by atoms with E-state index in [1.807, 2.05) is 35.4 Å². The van der Waals surface area contributed by atoms with Crippen molar-refractivity contribution in [2.24, 2.45) is 0 Å². The predicted octanol–water partition coefficient (Wildman–Crippen LogP) is 2.90. The summed E-state index contributed by atoms with van der Waals surface area (Å²) < 4.78 is 2.08. The quantitative estimate of drug-likeness (QED) is 0.791. The maximum absolute atomic E-state index is 12.9. The zero-order valence-corrected chi connectivity index (χ0v) is 12.8. The van der Waals surface area contributed by atoms with Crippen molar-refractivity contribution in [2.75, 3.05) is 6.54 Å². The number of para-hydroxylation sites is 1. The van der Waals surface area contributed by atoms with Crippen LogP contribution in [-0.2, 0) is 13.1 Å². The molecular formula is C18H18N4O. The fraction of sp³-hybridized carbons (Fsp3) is 0.333. The van der Waals surface area contributed by atoms with Crippen molar-refractivity contribution >= 4 is 16.8 Å². The molecule has 1 aliphatic heterocycles. The lowest BCUT2D eigenvalue weighted by atomic mass is 10.1. The molecule has 3 aromatic rings. The molecule has 116 valence electrons. The molecule has 23 heavy (non-hydrogen) atoms. The Morgan fingerprint density at radius 2 is 2.09 bits per heavy atom. The first kappa shape index (κ1) is 12.9. The van der Waals surface area contributed by atoms with E-state index < -0.39 is 0 Å². The lowest BCUT2D eigenvalue weighted by Gasteiger charge is -2.27. The van der Waals surface area contributed by atoms with Gasteiger partial charge < -0.3 is 9.88 Å². The molecular weight excluding hydrogens is 288 g/mol. The zero-order valence-electron chi connectivity index (χ0n) is 12.8. The van der Waals surface area contributed by atoms with Crippen molar-refractivity contribution in [3.05, 3.63) is 53.5 Å². The number of hydrogen-bond donors (Lipinski definition) is 1. The number of nitrogens with zero attached hydrogens (tertiary/aromatic N) is 3. The summed E-state index contributed by atoms with van der Waals surface area (Å²) in [4.78, 5) is 18.0. The summed E-state index contributed by atoms with van der Waals surface area (Å²) in [6.07, 6.45) is 4.34. The second-order valence-electron chi connectivity index (χ2n) is 6.53. The second-order valence-corrected chi connectivity index (χ2v) is 6.53. The highest BCUT2D eigenvalue weighted by Gasteiger charge is 2.30. The minimum absolute atomic E-state index is 0.0999. The topological polar surface area (TPSA) is 53.9 Å². The fourth-order valence-electron chi connectivity index (χ4n) is 3.46. The van der Waals surface area contributed by atoms with Crippen LogP contribution in [0.2, 0.25) is 0 Å². The molecule has 1 aromatic carbocycles. The lowest BCUT2D eigenvalue weighted by Crippen LogP contribution is -2.38. The summed E-state index contributed by atoms with van der Waals surface area (Å²) in [5.41, 5.74) is 4.14. The minimum Gasteiger partial charge on any atom is -0.360 e. The highest BCUT2D eigenvalue weighted by molar-refractivity contribution is 6.06. The van der Waals surface area contributed by atoms with Gasteiger partial charge in [0.2, 0.25) is 0 Å². The largest absolute Gasteiger partial charge is 0.360 e. The monoisotopic (exact) mass is 306 g/mol. The van der Waals surface area contributed by atoms with E-state index in [0.29, 0.717) is 12.5 Å². The average molecular weight is 306 g/mol. The molecule has 1 aliphatic carbocycles. The van der Waals surface area contributed by atoms with Gasteiger partial charge in [0, 0.05) is 29.6 Å². The first-order valence-corrected chi connectivity index (χ1v) is 8.21. The molecule has 5 rings (SSSR count). The molecule has 1 fully saturated rings. The van der Waals surface area contributed by atoms with Crippen LogP contribution in [0.1, 0.15) is 40.5 Å². The van der Waals surface area contributed by atoms with Gasteiger partial charge in [-0.05, 0) is 25.0 Å². The third-order valence-corrected chi connectivity index (χ3v) is 4.92. The van der Waals surface area contributed by atoms with Crippen molar-refractivity contribution in [3.8, 4) is 0 Å². The summed E-state index contributed by atoms with van der Waals surface area (Å²) in [5.74, 6) is 0.758. The molecule has 1 amide bonds. The minimum atomic E-state index is 0.0999. The molecule has 0 saturated heterocycles. The number of aromatic amines is 1. The van der Waals surface area contributed by atoms with Gasteiger partial charge in [0.1, 0.15) is 0 Å². The lowest BCUT2D eigenvalue weighted by molar-refractivity contribution is 0.0708. The Bertz CT molecular complexity index is 903. The Morgan fingerprint density at radius 1 is 1.22 bits per heavy atom. The van der Waals surface area contributed by atoms with E-state index in [-0.39, 0.29) is 5.91 Å². The highest BCUT2D eigenvalue weighted by Crippen LogP contribution is 2.39. The third-order valence-electron chi connectivity index (χ3n) is 4.92. The van der Waals surface area contributed by atoms with Crippen LogP contribution in [0.3, 0.4) is 0 Å². The number of carbonyl (C=O) groups is 1. The Morgan fingerprint density at radius 3 is 2.96 bits per heavy atom. The Balaban J connectivity index is 1.44. The zero-order chi connectivity index (χ0) is 15.4. The molecule has 5 heteroatoms. The summed E-state index contributed by atoms with van der Waals surface area (Å²) in [7, 11) is 0. The number of hydrogen-bond acceptors (Lipinski definition) is 2. The van der Waals surface area contributed by atoms with Gasteiger partial charge >= 0.3 is 0 Å². The number of rotatable bonds is 2. The van der Waals surface area contributed by atoms with Crippen LogP contribution in [0, 0.1) is 0 Å². The molecule has 0 bridgehead atoms. The van der Waals surface area contributed by atoms with Gasteiger partial charge in [-0.25, -0.2) is 0 Å². The van der Waals surface area contributed by atoms with E-state index in [1.165, 1.54) is 18.5 Å². The van der Waals surface area contributed by atoms with E-state index in [2.05, 4.69) is 15.7 Å². The normalized spacial score (nSPS) is 17.5. The Kier molecular flexibility index (Phi) is 2.65. The number of benzene rings is 1. The summed E-state index contributed by atoms with van der Waals surface area (Å²) in [6.45, 7) is 2.16. The third kappa shape index (κ3) is 2.07. The predicted molar refractivity (Wildman–Crippen MR) is 87.2 cm³/mol. The van der Waals surface area contributed by atoms with Crippen molar-refractivity contribution in [1.82, 2.24) is 19.7 Å². The molecule has 0 atom stereocenters. The van der Waals surface area contributed by atoms with E-state index in [0.717, 1.165) is 35.2 Å². The second kappa shape index (κ2) is 4.72. The van der Waals surface area contributed by atoms with Crippen LogP contribution >= 0.6 is 0 Å². The summed E-state index contributed by atoms with van der Waals surface area (Å²) in [6, 6.07) is 10.1. The van der Waals surface area contributed by atoms with Gasteiger partial charge in [-0.15, -0.1) is 0 Å². The molecule has 0 unspecified atom stereocenters. The highest BCUT2D eigenvalue weighted by atomic mass is 16.2. The van der Waals surface area contributed by atoms with Gasteiger partial charge in [0.05, 0.1) is 30.0 Å². The maximum atomic E-state index is 12.9. The molecule has 0 spiro atoms. The molecule has 3 heterocycles. The van der Waals surface area contributed by atoms with E-state index >= 15 is 0 Å². The summed E-state index contributed by atoms with van der Waals surface area (Å²) in [5, 5.41) is 5.69. The van der Waals surface area contributed by atoms with Crippen LogP contribution in [-0.4, -0.2) is 32.1 Å². The average Bonchev–Trinajstić information content (AvgIpc) is 3.21. The van der Waals surface area contributed by atoms with E-state index in [1.54, 1.807) is 0 Å². The van der Waals surface area contributed by atoms with Gasteiger partial charge in [-0.3, -0.25) is 9.48 Å². The maximum Gasteiger partial charge on any atom is 0.256 e. The van der Waals surface area contributed by atoms with Crippen molar-refractivity contribution in [3.63, 3.8) is 0 Å². The van der Waals surface area contributed by atoms with Gasteiger partial charge in [0.25, 0.3) is 5.91 Å². The van der Waals surface area contributed by atoms with Crippen LogP contribution in [0.5, 0.6) is 0 Å². The first-order valence-electron chi connectivity index (χ1n) is 8.21. The van der Waals surface area contributed by atoms with Crippen LogP contribution in [0.4, 0.5) is 0 Å². The Hall–Kier alpha value is -2.56. The molecule has 2 aliphatic rings. The number of carbonyl (C=O) groups excluding carboxylic acids is 1. The number of aromatic nitrogens is 3. The fourth-order valence-corrected chi connectivity index (χ4v) is 3.46. The Labute approximate surface area is 133 Å². The molecule has 1 saturated carbocycles. The standard InChI is InChI=1S/C18H18N4O/c23-18(15-10-19-16-4-2-1-3-14(15)16)21-7-8-22-13(11-21)9-17(20-22)12-5-6-12/h1-4,9-10,12,19H,5-8,11H2. The summed E-state index contributed by atoms with van der Waals surface area (Å²) >= 11 is 0. The van der Waals surface area contributed by atoms with Crippen LogP contribution in [0.25, 0.3) is 10.9 Å². The van der Waals surface area contributed by atoms with Crippen molar-refractivity contribution < 1.29 is 4.79 Å². The van der Waals surface area contributed by atoms with Gasteiger partial charge in [0.15, 0.2) is 0 Å². The SMILES string of the molecule is O=C(c1c[nH]c2ccccc12)N1CCn2nc(C3CC3)cc2C1. The number of H-pyrrole nitrogens is 1. The molecule has 0 radical (unpaired) electrons. The van der Waals surface area contributed by atoms with Crippen LogP contribution < -0.4 is 0 Å². The van der Waals surface area contributed by atoms with Crippen molar-refractivity contribution in [2.45, 2.75) is 31.8 Å². The first-order chi connectivity index (χ1) is 11.3. The molecule has 5 nitrogen and oxygen atoms in total. The molecule has 2 aromatic heterocycles. The smallest absolute Gasteiger partial charge is 0.256 e. The number of amides is 1.